The summed E-state index contributed by atoms with van der Waals surface area (Å²) in [5.74, 6) is 1.77. The molecular weight excluding hydrogens is 296 g/mol. The Labute approximate surface area is 124 Å². The van der Waals surface area contributed by atoms with Gasteiger partial charge in [-0.2, -0.15) is 16.9 Å². The third-order valence-electron chi connectivity index (χ3n) is 3.59. The summed E-state index contributed by atoms with van der Waals surface area (Å²) in [6.45, 7) is 3.02. The normalized spacial score (nSPS) is 22.9. The number of nitrogens with two attached hydrogens (primary N) is 1. The van der Waals surface area contributed by atoms with E-state index in [1.165, 1.54) is 0 Å². The summed E-state index contributed by atoms with van der Waals surface area (Å²) in [5, 5.41) is 3.70. The van der Waals surface area contributed by atoms with Crippen LogP contribution < -0.4 is 5.73 Å². The predicted molar refractivity (Wildman–Crippen MR) is 82.3 cm³/mol. The molecule has 114 valence electrons. The molecule has 1 saturated heterocycles. The smallest absolute Gasteiger partial charge is 0.166 e. The quantitative estimate of drug-likeness (QED) is 0.837. The molecule has 2 heterocycles. The van der Waals surface area contributed by atoms with Crippen molar-refractivity contribution >= 4 is 21.6 Å². The van der Waals surface area contributed by atoms with Crippen molar-refractivity contribution in [2.75, 3.05) is 30.3 Å². The molecule has 2 N–H and O–H groups in total. The first-order valence-electron chi connectivity index (χ1n) is 6.71. The maximum atomic E-state index is 12.2. The van der Waals surface area contributed by atoms with Crippen LogP contribution in [0.1, 0.15) is 18.5 Å². The second-order valence-corrected chi connectivity index (χ2v) is 8.63. The van der Waals surface area contributed by atoms with Crippen molar-refractivity contribution in [3.05, 3.63) is 18.0 Å². The fourth-order valence-corrected chi connectivity index (χ4v) is 5.43. The van der Waals surface area contributed by atoms with E-state index in [1.54, 1.807) is 29.6 Å². The lowest BCUT2D eigenvalue weighted by Gasteiger charge is -2.35. The van der Waals surface area contributed by atoms with E-state index in [2.05, 4.69) is 5.10 Å². The number of aromatic nitrogens is 2. The molecule has 0 aromatic carbocycles. The van der Waals surface area contributed by atoms with Gasteiger partial charge in [0.15, 0.2) is 9.84 Å². The number of hydrogen-bond donors (Lipinski definition) is 1. The Kier molecular flexibility index (Phi) is 5.11. The van der Waals surface area contributed by atoms with E-state index in [4.69, 9.17) is 5.73 Å². The second kappa shape index (κ2) is 6.46. The van der Waals surface area contributed by atoms with Crippen LogP contribution in [-0.4, -0.2) is 58.8 Å². The van der Waals surface area contributed by atoms with Crippen LogP contribution in [0.15, 0.2) is 12.4 Å². The number of thioether (sulfide) groups is 1. The minimum absolute atomic E-state index is 0.177. The van der Waals surface area contributed by atoms with E-state index in [0.717, 1.165) is 17.9 Å². The first-order chi connectivity index (χ1) is 9.44. The zero-order valence-corrected chi connectivity index (χ0v) is 13.5. The molecule has 1 aromatic heterocycles. The zero-order chi connectivity index (χ0) is 14.8. The van der Waals surface area contributed by atoms with E-state index >= 15 is 0 Å². The van der Waals surface area contributed by atoms with E-state index in [-0.39, 0.29) is 11.8 Å². The number of nitrogens with zero attached hydrogens (tertiary/aromatic N) is 3. The van der Waals surface area contributed by atoms with Crippen LogP contribution in [0.25, 0.3) is 0 Å². The Morgan fingerprint density at radius 2 is 2.35 bits per heavy atom. The summed E-state index contributed by atoms with van der Waals surface area (Å²) in [4.78, 5) is 2.01. The lowest BCUT2D eigenvalue weighted by atomic mass is 10.1. The van der Waals surface area contributed by atoms with Crippen LogP contribution in [0.3, 0.4) is 0 Å². The zero-order valence-electron chi connectivity index (χ0n) is 11.9. The van der Waals surface area contributed by atoms with Crippen molar-refractivity contribution in [3.8, 4) is 0 Å². The van der Waals surface area contributed by atoms with Crippen molar-refractivity contribution in [2.45, 2.75) is 18.3 Å². The molecule has 0 amide bonds. The summed E-state index contributed by atoms with van der Waals surface area (Å²) in [7, 11) is -1.22. The van der Waals surface area contributed by atoms with Crippen molar-refractivity contribution in [1.29, 1.82) is 0 Å². The number of sulfone groups is 1. The van der Waals surface area contributed by atoms with Gasteiger partial charge in [0.1, 0.15) is 5.37 Å². The van der Waals surface area contributed by atoms with Crippen molar-refractivity contribution < 1.29 is 8.42 Å². The molecule has 0 bridgehead atoms. The van der Waals surface area contributed by atoms with Crippen molar-refractivity contribution in [1.82, 2.24) is 14.7 Å². The molecule has 2 atom stereocenters. The number of hydrogen-bond acceptors (Lipinski definition) is 6. The summed E-state index contributed by atoms with van der Waals surface area (Å²) in [5.41, 5.74) is 7.13. The van der Waals surface area contributed by atoms with E-state index in [0.29, 0.717) is 12.3 Å². The van der Waals surface area contributed by atoms with Crippen LogP contribution >= 0.6 is 11.8 Å². The monoisotopic (exact) mass is 318 g/mol. The highest BCUT2D eigenvalue weighted by atomic mass is 32.2. The van der Waals surface area contributed by atoms with Crippen LogP contribution in [0.5, 0.6) is 0 Å². The van der Waals surface area contributed by atoms with Crippen LogP contribution in [0.4, 0.5) is 0 Å². The first kappa shape index (κ1) is 15.8. The highest BCUT2D eigenvalue weighted by Crippen LogP contribution is 2.23. The van der Waals surface area contributed by atoms with Gasteiger partial charge in [-0.3, -0.25) is 9.58 Å². The topological polar surface area (TPSA) is 81.2 Å². The Morgan fingerprint density at radius 3 is 2.95 bits per heavy atom. The molecule has 20 heavy (non-hydrogen) atoms. The molecule has 0 saturated carbocycles. The van der Waals surface area contributed by atoms with Gasteiger partial charge in [0.2, 0.25) is 0 Å². The molecular formula is C12H22N4O2S2. The predicted octanol–water partition coefficient (Wildman–Crippen LogP) is 0.230. The molecule has 1 aromatic rings. The summed E-state index contributed by atoms with van der Waals surface area (Å²) < 4.78 is 26.1. The maximum absolute atomic E-state index is 12.2. The van der Waals surface area contributed by atoms with Gasteiger partial charge in [0.25, 0.3) is 0 Å². The maximum Gasteiger partial charge on any atom is 0.166 e. The standard InChI is InChI=1S/C12H22N4O2S2/c1-3-20(17,18)12-9-19-5-4-16(12)8-11(13)10-6-14-15(2)7-10/h6-7,11-12H,3-5,8-9,13H2,1-2H3. The average Bonchev–Trinajstić information content (AvgIpc) is 2.86. The second-order valence-electron chi connectivity index (χ2n) is 5.03. The van der Waals surface area contributed by atoms with Crippen LogP contribution in [0, 0.1) is 0 Å². The average molecular weight is 318 g/mol. The molecule has 1 aliphatic rings. The van der Waals surface area contributed by atoms with E-state index < -0.39 is 15.2 Å². The highest BCUT2D eigenvalue weighted by molar-refractivity contribution is 8.01. The van der Waals surface area contributed by atoms with Crippen molar-refractivity contribution in [2.24, 2.45) is 12.8 Å². The van der Waals surface area contributed by atoms with Crippen molar-refractivity contribution in [3.63, 3.8) is 0 Å². The van der Waals surface area contributed by atoms with Crippen LogP contribution in [-0.2, 0) is 16.9 Å². The number of rotatable bonds is 5. The Hall–Kier alpha value is -0.570. The summed E-state index contributed by atoms with van der Waals surface area (Å²) in [6, 6.07) is -0.207. The molecule has 2 unspecified atom stereocenters. The Morgan fingerprint density at radius 1 is 1.60 bits per heavy atom. The minimum Gasteiger partial charge on any atom is -0.323 e. The Bertz CT molecular complexity index is 543. The van der Waals surface area contributed by atoms with Gasteiger partial charge in [-0.1, -0.05) is 6.92 Å². The number of aryl methyl sites for hydroxylation is 1. The summed E-state index contributed by atoms with van der Waals surface area (Å²) >= 11 is 1.70. The lowest BCUT2D eigenvalue weighted by molar-refractivity contribution is 0.254. The molecule has 0 radical (unpaired) electrons. The van der Waals surface area contributed by atoms with Crippen LogP contribution in [0.2, 0.25) is 0 Å². The van der Waals surface area contributed by atoms with Gasteiger partial charge >= 0.3 is 0 Å². The largest absolute Gasteiger partial charge is 0.323 e. The minimum atomic E-state index is -3.06. The fourth-order valence-electron chi connectivity index (χ4n) is 2.34. The van der Waals surface area contributed by atoms with Gasteiger partial charge < -0.3 is 5.73 Å². The summed E-state index contributed by atoms with van der Waals surface area (Å²) in [6.07, 6.45) is 3.62. The molecule has 2 rings (SSSR count). The van der Waals surface area contributed by atoms with Gasteiger partial charge in [0, 0.05) is 55.2 Å². The van der Waals surface area contributed by atoms with E-state index in [1.807, 2.05) is 18.1 Å². The third kappa shape index (κ3) is 3.55. The fraction of sp³-hybridized carbons (Fsp3) is 0.750. The molecule has 1 aliphatic heterocycles. The SMILES string of the molecule is CCS(=O)(=O)C1CSCCN1CC(N)c1cnn(C)c1. The molecule has 0 spiro atoms. The molecule has 6 nitrogen and oxygen atoms in total. The first-order valence-corrected chi connectivity index (χ1v) is 9.58. The van der Waals surface area contributed by atoms with Gasteiger partial charge in [0.05, 0.1) is 6.20 Å². The third-order valence-corrected chi connectivity index (χ3v) is 6.92. The van der Waals surface area contributed by atoms with E-state index in [9.17, 15) is 8.42 Å². The lowest BCUT2D eigenvalue weighted by Crippen LogP contribution is -2.50. The van der Waals surface area contributed by atoms with Gasteiger partial charge in [-0.15, -0.1) is 0 Å². The highest BCUT2D eigenvalue weighted by Gasteiger charge is 2.33. The Balaban J connectivity index is 2.09. The molecule has 8 heteroatoms. The van der Waals surface area contributed by atoms with Gasteiger partial charge in [-0.25, -0.2) is 8.42 Å². The molecule has 1 fully saturated rings. The molecule has 0 aliphatic carbocycles. The van der Waals surface area contributed by atoms with Gasteiger partial charge in [-0.05, 0) is 0 Å².